The smallest absolute Gasteiger partial charge is 0.409 e. The number of piperazine rings is 1. The number of benzene rings is 2. The monoisotopic (exact) mass is 427 g/mol. The van der Waals surface area contributed by atoms with Gasteiger partial charge < -0.3 is 24.4 Å². The number of carbonyl (C=O) groups excluding carboxylic acids is 2. The average Bonchev–Trinajstić information content (AvgIpc) is 2.81. The van der Waals surface area contributed by atoms with Gasteiger partial charge >= 0.3 is 6.09 Å². The summed E-state index contributed by atoms with van der Waals surface area (Å²) in [4.78, 5) is 30.7. The van der Waals surface area contributed by atoms with Gasteiger partial charge in [0.2, 0.25) is 0 Å². The predicted octanol–water partition coefficient (Wildman–Crippen LogP) is 2.29. The van der Waals surface area contributed by atoms with Crippen LogP contribution in [0, 0.1) is 0 Å². The number of hydrogen-bond acceptors (Lipinski definition) is 6. The number of carbonyl (C=O) groups is 2. The summed E-state index contributed by atoms with van der Waals surface area (Å²) in [6.07, 6.45) is -0.284. The molecule has 2 saturated heterocycles. The lowest BCUT2D eigenvalue weighted by molar-refractivity contribution is 0.0301. The van der Waals surface area contributed by atoms with E-state index in [-0.39, 0.29) is 17.7 Å². The lowest BCUT2D eigenvalue weighted by Gasteiger charge is -2.34. The number of phenolic OH excluding ortho intramolecular Hbond substituents is 1. The summed E-state index contributed by atoms with van der Waals surface area (Å²) < 4.78 is 10.4. The van der Waals surface area contributed by atoms with Gasteiger partial charge in [-0.2, -0.15) is 0 Å². The Morgan fingerprint density at radius 3 is 2.45 bits per heavy atom. The first-order chi connectivity index (χ1) is 15.1. The summed E-state index contributed by atoms with van der Waals surface area (Å²) in [6, 6.07) is 9.59. The Morgan fingerprint density at radius 1 is 1.03 bits per heavy atom. The molecule has 2 heterocycles. The Bertz CT molecular complexity index is 950. The van der Waals surface area contributed by atoms with E-state index in [1.54, 1.807) is 22.8 Å². The van der Waals surface area contributed by atoms with Gasteiger partial charge in [-0.15, -0.1) is 0 Å². The standard InChI is InChI=1S/C23H29N3O5/c1-2-31-23(29)26-9-7-24(8-10-26)16-20-18-6-4-3-5-17(18)15-19(21(20)27)22(28)25-11-13-30-14-12-25/h3-6,15,27H,2,7-14,16H2,1H3. The molecule has 8 nitrogen and oxygen atoms in total. The van der Waals surface area contributed by atoms with Crippen LogP contribution in [-0.4, -0.2) is 90.9 Å². The van der Waals surface area contributed by atoms with Crippen molar-refractivity contribution >= 4 is 22.8 Å². The number of rotatable bonds is 4. The Kier molecular flexibility index (Phi) is 6.58. The third-order valence-electron chi connectivity index (χ3n) is 5.94. The molecule has 0 radical (unpaired) electrons. The van der Waals surface area contributed by atoms with Crippen LogP contribution in [0.3, 0.4) is 0 Å². The molecule has 0 saturated carbocycles. The highest BCUT2D eigenvalue weighted by Crippen LogP contribution is 2.33. The zero-order chi connectivity index (χ0) is 21.8. The molecule has 0 aliphatic carbocycles. The first kappa shape index (κ1) is 21.4. The molecule has 2 amide bonds. The van der Waals surface area contributed by atoms with Crippen LogP contribution < -0.4 is 0 Å². The fraction of sp³-hybridized carbons (Fsp3) is 0.478. The normalized spacial score (nSPS) is 17.7. The molecule has 2 fully saturated rings. The van der Waals surface area contributed by atoms with Gasteiger partial charge in [0.05, 0.1) is 25.4 Å². The van der Waals surface area contributed by atoms with Crippen LogP contribution in [0.25, 0.3) is 10.8 Å². The number of hydrogen-bond donors (Lipinski definition) is 1. The number of nitrogens with zero attached hydrogens (tertiary/aromatic N) is 3. The summed E-state index contributed by atoms with van der Waals surface area (Å²) in [5.41, 5.74) is 1.08. The molecular formula is C23H29N3O5. The minimum absolute atomic E-state index is 0.0445. The molecule has 4 rings (SSSR count). The van der Waals surface area contributed by atoms with E-state index in [2.05, 4.69) is 4.90 Å². The maximum Gasteiger partial charge on any atom is 0.409 e. The van der Waals surface area contributed by atoms with Crippen molar-refractivity contribution in [2.24, 2.45) is 0 Å². The van der Waals surface area contributed by atoms with Crippen molar-refractivity contribution in [3.05, 3.63) is 41.5 Å². The summed E-state index contributed by atoms with van der Waals surface area (Å²) >= 11 is 0. The number of aromatic hydroxyl groups is 1. The molecule has 8 heteroatoms. The number of phenols is 1. The van der Waals surface area contributed by atoms with Crippen molar-refractivity contribution < 1.29 is 24.2 Å². The van der Waals surface area contributed by atoms with Crippen molar-refractivity contribution in [3.63, 3.8) is 0 Å². The second-order valence-electron chi connectivity index (χ2n) is 7.84. The first-order valence-corrected chi connectivity index (χ1v) is 10.8. The van der Waals surface area contributed by atoms with E-state index >= 15 is 0 Å². The number of amides is 2. The molecule has 2 aliphatic rings. The maximum absolute atomic E-state index is 13.1. The fourth-order valence-corrected chi connectivity index (χ4v) is 4.20. The number of ether oxygens (including phenoxy) is 2. The number of fused-ring (bicyclic) bond motifs is 1. The molecule has 166 valence electrons. The van der Waals surface area contributed by atoms with Crippen LogP contribution in [0.1, 0.15) is 22.8 Å². The van der Waals surface area contributed by atoms with E-state index in [9.17, 15) is 14.7 Å². The molecule has 0 unspecified atom stereocenters. The molecule has 2 aliphatic heterocycles. The second-order valence-corrected chi connectivity index (χ2v) is 7.84. The minimum atomic E-state index is -0.284. The quantitative estimate of drug-likeness (QED) is 0.806. The van der Waals surface area contributed by atoms with E-state index in [1.807, 2.05) is 24.3 Å². The Hall–Kier alpha value is -2.84. The highest BCUT2D eigenvalue weighted by atomic mass is 16.6. The van der Waals surface area contributed by atoms with Crippen molar-refractivity contribution in [2.75, 3.05) is 59.1 Å². The van der Waals surface area contributed by atoms with Gasteiger partial charge in [-0.25, -0.2) is 4.79 Å². The average molecular weight is 428 g/mol. The van der Waals surface area contributed by atoms with Crippen molar-refractivity contribution in [2.45, 2.75) is 13.5 Å². The maximum atomic E-state index is 13.1. The van der Waals surface area contributed by atoms with Gasteiger partial charge in [-0.05, 0) is 23.8 Å². The molecular weight excluding hydrogens is 398 g/mol. The van der Waals surface area contributed by atoms with Gasteiger partial charge in [-0.3, -0.25) is 9.69 Å². The molecule has 0 atom stereocenters. The van der Waals surface area contributed by atoms with Crippen LogP contribution >= 0.6 is 0 Å². The van der Waals surface area contributed by atoms with Crippen molar-refractivity contribution in [3.8, 4) is 5.75 Å². The zero-order valence-corrected chi connectivity index (χ0v) is 17.9. The van der Waals surface area contributed by atoms with Crippen molar-refractivity contribution in [1.29, 1.82) is 0 Å². The topological polar surface area (TPSA) is 82.6 Å². The minimum Gasteiger partial charge on any atom is -0.507 e. The summed E-state index contributed by atoms with van der Waals surface area (Å²) in [5.74, 6) is -0.122. The summed E-state index contributed by atoms with van der Waals surface area (Å²) in [6.45, 7) is 7.24. The molecule has 2 aromatic rings. The third kappa shape index (κ3) is 4.60. The molecule has 1 N–H and O–H groups in total. The molecule has 2 aromatic carbocycles. The second kappa shape index (κ2) is 9.53. The van der Waals surface area contributed by atoms with E-state index in [1.165, 1.54) is 0 Å². The molecule has 0 aromatic heterocycles. The fourth-order valence-electron chi connectivity index (χ4n) is 4.20. The van der Waals surface area contributed by atoms with Gasteiger partial charge in [0.1, 0.15) is 5.75 Å². The zero-order valence-electron chi connectivity index (χ0n) is 17.9. The summed E-state index contributed by atoms with van der Waals surface area (Å²) in [5, 5.41) is 13.0. The third-order valence-corrected chi connectivity index (χ3v) is 5.94. The largest absolute Gasteiger partial charge is 0.507 e. The predicted molar refractivity (Wildman–Crippen MR) is 116 cm³/mol. The van der Waals surface area contributed by atoms with Crippen LogP contribution in [0.2, 0.25) is 0 Å². The van der Waals surface area contributed by atoms with Gasteiger partial charge in [0, 0.05) is 51.4 Å². The number of morpholine rings is 1. The van der Waals surface area contributed by atoms with E-state index in [0.29, 0.717) is 71.2 Å². The van der Waals surface area contributed by atoms with Crippen LogP contribution in [0.4, 0.5) is 4.79 Å². The lowest BCUT2D eigenvalue weighted by Crippen LogP contribution is -2.48. The van der Waals surface area contributed by atoms with Crippen molar-refractivity contribution in [1.82, 2.24) is 14.7 Å². The van der Waals surface area contributed by atoms with E-state index < -0.39 is 0 Å². The molecule has 31 heavy (non-hydrogen) atoms. The van der Waals surface area contributed by atoms with Gasteiger partial charge in [0.15, 0.2) is 0 Å². The lowest BCUT2D eigenvalue weighted by atomic mass is 9.97. The van der Waals surface area contributed by atoms with Gasteiger partial charge in [0.25, 0.3) is 5.91 Å². The SMILES string of the molecule is CCOC(=O)N1CCN(Cc2c(O)c(C(=O)N3CCOCC3)cc3ccccc23)CC1. The highest BCUT2D eigenvalue weighted by Gasteiger charge is 2.27. The first-order valence-electron chi connectivity index (χ1n) is 10.8. The summed E-state index contributed by atoms with van der Waals surface area (Å²) in [7, 11) is 0. The van der Waals surface area contributed by atoms with Crippen LogP contribution in [-0.2, 0) is 16.0 Å². The Labute approximate surface area is 181 Å². The van der Waals surface area contributed by atoms with Gasteiger partial charge in [-0.1, -0.05) is 24.3 Å². The molecule has 0 bridgehead atoms. The van der Waals surface area contributed by atoms with Crippen LogP contribution in [0.5, 0.6) is 5.75 Å². The Morgan fingerprint density at radius 2 is 1.74 bits per heavy atom. The molecule has 0 spiro atoms. The highest BCUT2D eigenvalue weighted by molar-refractivity contribution is 6.03. The Balaban J connectivity index is 1.58. The van der Waals surface area contributed by atoms with Crippen LogP contribution in [0.15, 0.2) is 30.3 Å². The van der Waals surface area contributed by atoms with E-state index in [4.69, 9.17) is 9.47 Å². The van der Waals surface area contributed by atoms with E-state index in [0.717, 1.165) is 16.3 Å².